The molecule has 1 aliphatic carbocycles. The van der Waals surface area contributed by atoms with E-state index in [1.807, 2.05) is 0 Å². The first-order valence-electron chi connectivity index (χ1n) is 10.8. The van der Waals surface area contributed by atoms with Gasteiger partial charge in [0.2, 0.25) is 0 Å². The molecule has 148 valence electrons. The maximum Gasteiger partial charge on any atom is 0.0796 e. The van der Waals surface area contributed by atoms with Crippen LogP contribution >= 0.6 is 9.24 Å². The Bertz CT molecular complexity index is 842. The number of fused-ring (bicyclic) bond motifs is 2. The molecular formula is C24H31N2OP. The van der Waals surface area contributed by atoms with Gasteiger partial charge in [0.15, 0.2) is 0 Å². The van der Waals surface area contributed by atoms with E-state index in [-0.39, 0.29) is 6.10 Å². The Hall–Kier alpha value is -1.41. The summed E-state index contributed by atoms with van der Waals surface area (Å²) in [6.07, 6.45) is 6.52. The van der Waals surface area contributed by atoms with Crippen molar-refractivity contribution in [3.05, 3.63) is 58.7 Å². The first kappa shape index (κ1) is 18.6. The van der Waals surface area contributed by atoms with Gasteiger partial charge in [-0.15, -0.1) is 9.24 Å². The van der Waals surface area contributed by atoms with Gasteiger partial charge < -0.3 is 14.9 Å². The summed E-state index contributed by atoms with van der Waals surface area (Å²) >= 11 is 0. The zero-order chi connectivity index (χ0) is 19.1. The van der Waals surface area contributed by atoms with Crippen LogP contribution in [0.25, 0.3) is 0 Å². The van der Waals surface area contributed by atoms with Crippen LogP contribution in [-0.2, 0) is 19.3 Å². The van der Waals surface area contributed by atoms with Crippen LogP contribution in [0, 0.1) is 0 Å². The Morgan fingerprint density at radius 1 is 0.929 bits per heavy atom. The van der Waals surface area contributed by atoms with Gasteiger partial charge >= 0.3 is 0 Å². The summed E-state index contributed by atoms with van der Waals surface area (Å²) in [5, 5.41) is 11.5. The van der Waals surface area contributed by atoms with Crippen molar-refractivity contribution in [1.29, 1.82) is 0 Å². The maximum absolute atomic E-state index is 10.3. The fourth-order valence-electron chi connectivity index (χ4n) is 5.31. The van der Waals surface area contributed by atoms with E-state index in [0.717, 1.165) is 25.8 Å². The monoisotopic (exact) mass is 394 g/mol. The van der Waals surface area contributed by atoms with E-state index < -0.39 is 0 Å². The van der Waals surface area contributed by atoms with E-state index in [4.69, 9.17) is 0 Å². The SMILES string of the molecule is OC1CCc2cc3c(cc21)N(C1CCN(CCc2ccc(P)cc2)CC1)CC3. The van der Waals surface area contributed by atoms with Crippen LogP contribution < -0.4 is 10.2 Å². The lowest BCUT2D eigenvalue weighted by atomic mass is 10.0. The first-order valence-corrected chi connectivity index (χ1v) is 11.4. The number of aryl methyl sites for hydroxylation is 1. The van der Waals surface area contributed by atoms with Gasteiger partial charge in [-0.25, -0.2) is 0 Å². The van der Waals surface area contributed by atoms with E-state index in [9.17, 15) is 5.11 Å². The predicted molar refractivity (Wildman–Crippen MR) is 120 cm³/mol. The molecule has 0 amide bonds. The fourth-order valence-corrected chi connectivity index (χ4v) is 5.50. The van der Waals surface area contributed by atoms with Crippen LogP contribution in [0.5, 0.6) is 0 Å². The first-order chi connectivity index (χ1) is 13.7. The van der Waals surface area contributed by atoms with Crippen molar-refractivity contribution in [2.24, 2.45) is 0 Å². The Morgan fingerprint density at radius 2 is 1.71 bits per heavy atom. The van der Waals surface area contributed by atoms with Crippen LogP contribution in [-0.4, -0.2) is 42.2 Å². The molecule has 2 aliphatic heterocycles. The Kier molecular flexibility index (Phi) is 5.17. The average Bonchev–Trinajstić information content (AvgIpc) is 3.30. The molecule has 0 bridgehead atoms. The second kappa shape index (κ2) is 7.78. The lowest BCUT2D eigenvalue weighted by Crippen LogP contribution is -2.45. The number of hydrogen-bond acceptors (Lipinski definition) is 3. The van der Waals surface area contributed by atoms with Gasteiger partial charge in [0.25, 0.3) is 0 Å². The molecule has 0 spiro atoms. The minimum absolute atomic E-state index is 0.245. The summed E-state index contributed by atoms with van der Waals surface area (Å²) in [5.41, 5.74) is 6.94. The molecule has 0 saturated carbocycles. The number of piperidine rings is 1. The molecular weight excluding hydrogens is 363 g/mol. The lowest BCUT2D eigenvalue weighted by Gasteiger charge is -2.38. The zero-order valence-electron chi connectivity index (χ0n) is 16.6. The molecule has 2 unspecified atom stereocenters. The summed E-state index contributed by atoms with van der Waals surface area (Å²) in [6.45, 7) is 4.72. The summed E-state index contributed by atoms with van der Waals surface area (Å²) in [5.74, 6) is 0. The zero-order valence-corrected chi connectivity index (χ0v) is 17.8. The molecule has 28 heavy (non-hydrogen) atoms. The van der Waals surface area contributed by atoms with Gasteiger partial charge in [-0.05, 0) is 72.1 Å². The summed E-state index contributed by atoms with van der Waals surface area (Å²) in [6, 6.07) is 14.2. The standard InChI is InChI=1S/C24H31N2OP/c27-24-6-3-18-15-19-8-14-26(23(19)16-22(18)24)20-9-12-25(13-10-20)11-7-17-1-4-21(28)5-2-17/h1-2,4-5,15-16,20,24,27H,3,6-14,28H2. The maximum atomic E-state index is 10.3. The highest BCUT2D eigenvalue weighted by molar-refractivity contribution is 7.27. The molecule has 1 N–H and O–H groups in total. The molecule has 4 heteroatoms. The molecule has 3 aliphatic rings. The van der Waals surface area contributed by atoms with Crippen molar-refractivity contribution in [3.8, 4) is 0 Å². The minimum Gasteiger partial charge on any atom is -0.388 e. The largest absolute Gasteiger partial charge is 0.388 e. The van der Waals surface area contributed by atoms with E-state index in [0.29, 0.717) is 6.04 Å². The summed E-state index contributed by atoms with van der Waals surface area (Å²) in [7, 11) is 2.76. The number of rotatable bonds is 4. The van der Waals surface area contributed by atoms with Crippen molar-refractivity contribution in [2.45, 2.75) is 50.7 Å². The van der Waals surface area contributed by atoms with Crippen LogP contribution in [0.4, 0.5) is 5.69 Å². The second-order valence-electron chi connectivity index (χ2n) is 8.74. The van der Waals surface area contributed by atoms with Gasteiger partial charge in [-0.3, -0.25) is 0 Å². The molecule has 3 nitrogen and oxygen atoms in total. The molecule has 1 fully saturated rings. The number of likely N-dealkylation sites (tertiary alicyclic amines) is 1. The second-order valence-corrected chi connectivity index (χ2v) is 9.41. The van der Waals surface area contributed by atoms with Gasteiger partial charge in [0.1, 0.15) is 0 Å². The number of benzene rings is 2. The molecule has 2 atom stereocenters. The number of aliphatic hydroxyl groups is 1. The molecule has 2 aromatic rings. The molecule has 2 heterocycles. The molecule has 0 radical (unpaired) electrons. The van der Waals surface area contributed by atoms with Gasteiger partial charge in [-0.2, -0.15) is 0 Å². The predicted octanol–water partition coefficient (Wildman–Crippen LogP) is 3.24. The van der Waals surface area contributed by atoms with Crippen molar-refractivity contribution in [2.75, 3.05) is 31.1 Å². The van der Waals surface area contributed by atoms with E-state index in [2.05, 4.69) is 55.4 Å². The topological polar surface area (TPSA) is 26.7 Å². The summed E-state index contributed by atoms with van der Waals surface area (Å²) in [4.78, 5) is 5.28. The van der Waals surface area contributed by atoms with Gasteiger partial charge in [-0.1, -0.05) is 30.3 Å². The Morgan fingerprint density at radius 3 is 2.50 bits per heavy atom. The highest BCUT2D eigenvalue weighted by Gasteiger charge is 2.31. The molecule has 2 aromatic carbocycles. The Balaban J connectivity index is 1.19. The van der Waals surface area contributed by atoms with E-state index >= 15 is 0 Å². The third-order valence-corrected chi connectivity index (χ3v) is 7.40. The van der Waals surface area contributed by atoms with Crippen LogP contribution in [0.1, 0.15) is 47.6 Å². The normalized spacial score (nSPS) is 22.5. The van der Waals surface area contributed by atoms with Crippen molar-refractivity contribution < 1.29 is 5.11 Å². The highest BCUT2D eigenvalue weighted by Crippen LogP contribution is 2.40. The van der Waals surface area contributed by atoms with E-state index in [1.54, 1.807) is 0 Å². The highest BCUT2D eigenvalue weighted by atomic mass is 31.0. The van der Waals surface area contributed by atoms with Gasteiger partial charge in [0.05, 0.1) is 6.10 Å². The number of hydrogen-bond donors (Lipinski definition) is 1. The number of anilines is 1. The summed E-state index contributed by atoms with van der Waals surface area (Å²) < 4.78 is 0. The minimum atomic E-state index is -0.245. The van der Waals surface area contributed by atoms with Crippen LogP contribution in [0.15, 0.2) is 36.4 Å². The van der Waals surface area contributed by atoms with Crippen molar-refractivity contribution in [1.82, 2.24) is 4.90 Å². The van der Waals surface area contributed by atoms with E-state index in [1.165, 1.54) is 72.1 Å². The van der Waals surface area contributed by atoms with Crippen molar-refractivity contribution >= 4 is 20.2 Å². The number of nitrogens with zero attached hydrogens (tertiary/aromatic N) is 2. The number of aliphatic hydroxyl groups excluding tert-OH is 1. The third-order valence-electron chi connectivity index (χ3n) is 7.01. The van der Waals surface area contributed by atoms with Crippen LogP contribution in [0.3, 0.4) is 0 Å². The fraction of sp³-hybridized carbons (Fsp3) is 0.500. The van der Waals surface area contributed by atoms with Crippen molar-refractivity contribution in [3.63, 3.8) is 0 Å². The quantitative estimate of drug-likeness (QED) is 0.807. The third kappa shape index (κ3) is 3.61. The smallest absolute Gasteiger partial charge is 0.0796 e. The molecule has 5 rings (SSSR count). The van der Waals surface area contributed by atoms with Crippen LogP contribution in [0.2, 0.25) is 0 Å². The molecule has 1 saturated heterocycles. The average molecular weight is 394 g/mol. The van der Waals surface area contributed by atoms with Gasteiger partial charge in [0, 0.05) is 37.9 Å². The molecule has 0 aromatic heterocycles. The Labute approximate surface area is 170 Å². The lowest BCUT2D eigenvalue weighted by molar-refractivity contribution is 0.180.